The molecule has 1 atom stereocenters. The number of amides is 1. The molecule has 1 amide bonds. The molecule has 158 valence electrons. The molecule has 2 aromatic rings. The van der Waals surface area contributed by atoms with Crippen molar-refractivity contribution in [2.24, 2.45) is 0 Å². The van der Waals surface area contributed by atoms with E-state index in [9.17, 15) is 14.7 Å². The fraction of sp³-hybridized carbons (Fsp3) is 0.391. The van der Waals surface area contributed by atoms with Crippen LogP contribution in [0.5, 0.6) is 0 Å². The standard InChI is InChI=1S/C23H26N2O4S/c1-16-5-7-17(8-6-16)21(26)19-20(18-4-2-15-30-18)25(23(28)22(19)27)10-3-9-24-11-13-29-14-12-24/h2,4-8,15,20,26H,3,9-14H2,1H3/b21-19+. The molecule has 0 bridgehead atoms. The summed E-state index contributed by atoms with van der Waals surface area (Å²) in [6, 6.07) is 10.6. The third-order valence-electron chi connectivity index (χ3n) is 5.65. The van der Waals surface area contributed by atoms with Crippen LogP contribution in [0.4, 0.5) is 0 Å². The van der Waals surface area contributed by atoms with Crippen LogP contribution >= 0.6 is 11.3 Å². The van der Waals surface area contributed by atoms with Gasteiger partial charge in [-0.1, -0.05) is 35.9 Å². The molecule has 30 heavy (non-hydrogen) atoms. The molecule has 0 aliphatic carbocycles. The minimum atomic E-state index is -0.613. The predicted octanol–water partition coefficient (Wildman–Crippen LogP) is 3.20. The number of hydrogen-bond acceptors (Lipinski definition) is 6. The third kappa shape index (κ3) is 4.19. The number of aliphatic hydroxyl groups excluding tert-OH is 1. The smallest absolute Gasteiger partial charge is 0.295 e. The van der Waals surface area contributed by atoms with Crippen LogP contribution in [-0.4, -0.2) is 66.0 Å². The van der Waals surface area contributed by atoms with Crippen molar-refractivity contribution < 1.29 is 19.4 Å². The van der Waals surface area contributed by atoms with Crippen LogP contribution in [0.15, 0.2) is 47.4 Å². The number of morpholine rings is 1. The van der Waals surface area contributed by atoms with Crippen molar-refractivity contribution >= 4 is 28.8 Å². The average Bonchev–Trinajstić information content (AvgIpc) is 3.37. The normalized spacial score (nSPS) is 22.0. The summed E-state index contributed by atoms with van der Waals surface area (Å²) in [5.41, 5.74) is 1.79. The molecule has 1 unspecified atom stereocenters. The molecule has 2 fully saturated rings. The van der Waals surface area contributed by atoms with E-state index in [1.54, 1.807) is 17.0 Å². The zero-order chi connectivity index (χ0) is 21.1. The van der Waals surface area contributed by atoms with Crippen LogP contribution < -0.4 is 0 Å². The lowest BCUT2D eigenvalue weighted by molar-refractivity contribution is -0.140. The first kappa shape index (κ1) is 20.8. The van der Waals surface area contributed by atoms with Crippen molar-refractivity contribution in [2.45, 2.75) is 19.4 Å². The first-order valence-electron chi connectivity index (χ1n) is 10.2. The van der Waals surface area contributed by atoms with Crippen molar-refractivity contribution in [2.75, 3.05) is 39.4 Å². The largest absolute Gasteiger partial charge is 0.507 e. The van der Waals surface area contributed by atoms with E-state index in [-0.39, 0.29) is 11.3 Å². The van der Waals surface area contributed by atoms with Crippen LogP contribution in [0.1, 0.15) is 28.5 Å². The number of aliphatic hydroxyl groups is 1. The summed E-state index contributed by atoms with van der Waals surface area (Å²) < 4.78 is 5.38. The number of ether oxygens (including phenoxy) is 1. The van der Waals surface area contributed by atoms with Crippen molar-refractivity contribution in [3.8, 4) is 0 Å². The number of carbonyl (C=O) groups excluding carboxylic acids is 2. The van der Waals surface area contributed by atoms with Gasteiger partial charge in [0.2, 0.25) is 0 Å². The highest BCUT2D eigenvalue weighted by Gasteiger charge is 2.46. The molecule has 0 radical (unpaired) electrons. The second kappa shape index (κ2) is 9.12. The number of aryl methyl sites for hydroxylation is 1. The van der Waals surface area contributed by atoms with E-state index in [0.717, 1.165) is 49.7 Å². The minimum Gasteiger partial charge on any atom is -0.507 e. The Hall–Kier alpha value is -2.48. The van der Waals surface area contributed by atoms with Gasteiger partial charge < -0.3 is 14.7 Å². The molecule has 4 rings (SSSR count). The third-order valence-corrected chi connectivity index (χ3v) is 6.58. The van der Waals surface area contributed by atoms with E-state index in [2.05, 4.69) is 4.90 Å². The lowest BCUT2D eigenvalue weighted by Crippen LogP contribution is -2.38. The van der Waals surface area contributed by atoms with Gasteiger partial charge in [-0.3, -0.25) is 14.5 Å². The van der Waals surface area contributed by atoms with Gasteiger partial charge in [-0.15, -0.1) is 11.3 Å². The molecule has 3 heterocycles. The highest BCUT2D eigenvalue weighted by Crippen LogP contribution is 2.41. The van der Waals surface area contributed by atoms with Gasteiger partial charge >= 0.3 is 0 Å². The van der Waals surface area contributed by atoms with Gasteiger partial charge in [-0.05, 0) is 24.8 Å². The maximum atomic E-state index is 12.9. The monoisotopic (exact) mass is 426 g/mol. The van der Waals surface area contributed by atoms with E-state index >= 15 is 0 Å². The molecule has 7 heteroatoms. The van der Waals surface area contributed by atoms with Crippen LogP contribution in [0.3, 0.4) is 0 Å². The molecule has 1 N–H and O–H groups in total. The summed E-state index contributed by atoms with van der Waals surface area (Å²) in [4.78, 5) is 30.6. The van der Waals surface area contributed by atoms with Gasteiger partial charge in [0.05, 0.1) is 24.8 Å². The summed E-state index contributed by atoms with van der Waals surface area (Å²) in [5, 5.41) is 12.9. The first-order chi connectivity index (χ1) is 14.6. The molecule has 1 aromatic carbocycles. The number of hydrogen-bond donors (Lipinski definition) is 1. The van der Waals surface area contributed by atoms with E-state index in [1.807, 2.05) is 36.6 Å². The van der Waals surface area contributed by atoms with E-state index < -0.39 is 17.7 Å². The maximum Gasteiger partial charge on any atom is 0.295 e. The van der Waals surface area contributed by atoms with Crippen LogP contribution in [0.25, 0.3) is 5.76 Å². The highest BCUT2D eigenvalue weighted by atomic mass is 32.1. The van der Waals surface area contributed by atoms with Gasteiger partial charge in [0.25, 0.3) is 11.7 Å². The predicted molar refractivity (Wildman–Crippen MR) is 116 cm³/mol. The highest BCUT2D eigenvalue weighted by molar-refractivity contribution is 7.10. The Labute approximate surface area is 180 Å². The second-order valence-electron chi connectivity index (χ2n) is 7.68. The van der Waals surface area contributed by atoms with Gasteiger partial charge in [-0.25, -0.2) is 0 Å². The molecule has 2 aliphatic rings. The Balaban J connectivity index is 1.61. The molecule has 6 nitrogen and oxygen atoms in total. The number of Topliss-reactive ketones (excluding diaryl/α,β-unsaturated/α-hetero) is 1. The number of ketones is 1. The van der Waals surface area contributed by atoms with Crippen LogP contribution in [0.2, 0.25) is 0 Å². The molecule has 0 spiro atoms. The molecule has 2 saturated heterocycles. The summed E-state index contributed by atoms with van der Waals surface area (Å²) in [6.45, 7) is 6.52. The average molecular weight is 427 g/mol. The Morgan fingerprint density at radius 1 is 1.13 bits per heavy atom. The first-order valence-corrected chi connectivity index (χ1v) is 11.1. The number of likely N-dealkylation sites (tertiary alicyclic amines) is 1. The Morgan fingerprint density at radius 2 is 1.87 bits per heavy atom. The van der Waals surface area contributed by atoms with E-state index in [1.165, 1.54) is 11.3 Å². The zero-order valence-corrected chi connectivity index (χ0v) is 17.9. The Kier molecular flexibility index (Phi) is 6.32. The number of nitrogens with zero attached hydrogens (tertiary/aromatic N) is 2. The summed E-state index contributed by atoms with van der Waals surface area (Å²) >= 11 is 1.49. The Bertz CT molecular complexity index is 931. The van der Waals surface area contributed by atoms with Crippen molar-refractivity contribution in [3.63, 3.8) is 0 Å². The number of carbonyl (C=O) groups is 2. The minimum absolute atomic E-state index is 0.109. The number of thiophene rings is 1. The maximum absolute atomic E-state index is 12.9. The van der Waals surface area contributed by atoms with Crippen molar-refractivity contribution in [1.29, 1.82) is 0 Å². The number of benzene rings is 1. The quantitative estimate of drug-likeness (QED) is 0.436. The van der Waals surface area contributed by atoms with Crippen molar-refractivity contribution in [3.05, 3.63) is 63.4 Å². The summed E-state index contributed by atoms with van der Waals surface area (Å²) in [6.07, 6.45) is 0.763. The summed E-state index contributed by atoms with van der Waals surface area (Å²) in [7, 11) is 0. The topological polar surface area (TPSA) is 70.1 Å². The lowest BCUT2D eigenvalue weighted by Gasteiger charge is -2.28. The van der Waals surface area contributed by atoms with E-state index in [0.29, 0.717) is 12.1 Å². The summed E-state index contributed by atoms with van der Waals surface area (Å²) in [5.74, 6) is -1.26. The van der Waals surface area contributed by atoms with Gasteiger partial charge in [0.15, 0.2) is 0 Å². The molecule has 1 aromatic heterocycles. The van der Waals surface area contributed by atoms with Gasteiger partial charge in [0, 0.05) is 36.6 Å². The van der Waals surface area contributed by atoms with E-state index in [4.69, 9.17) is 4.74 Å². The zero-order valence-electron chi connectivity index (χ0n) is 17.0. The molecular weight excluding hydrogens is 400 g/mol. The SMILES string of the molecule is Cc1ccc(/C(O)=C2\C(=O)C(=O)N(CCCN3CCOCC3)C2c2cccs2)cc1. The second-order valence-corrected chi connectivity index (χ2v) is 8.66. The molecular formula is C23H26N2O4S. The molecule has 2 aliphatic heterocycles. The molecule has 0 saturated carbocycles. The van der Waals surface area contributed by atoms with Crippen LogP contribution in [0, 0.1) is 6.92 Å². The van der Waals surface area contributed by atoms with Crippen LogP contribution in [-0.2, 0) is 14.3 Å². The van der Waals surface area contributed by atoms with Crippen molar-refractivity contribution in [1.82, 2.24) is 9.80 Å². The number of rotatable bonds is 6. The van der Waals surface area contributed by atoms with Gasteiger partial charge in [-0.2, -0.15) is 0 Å². The fourth-order valence-electron chi connectivity index (χ4n) is 4.01. The Morgan fingerprint density at radius 3 is 2.53 bits per heavy atom. The van der Waals surface area contributed by atoms with Gasteiger partial charge in [0.1, 0.15) is 5.76 Å². The fourth-order valence-corrected chi connectivity index (χ4v) is 4.86. The lowest BCUT2D eigenvalue weighted by atomic mass is 9.99.